The van der Waals surface area contributed by atoms with Crippen molar-refractivity contribution in [1.82, 2.24) is 25.9 Å². The lowest BCUT2D eigenvalue weighted by Crippen LogP contribution is -2.54. The van der Waals surface area contributed by atoms with Crippen LogP contribution in [0.25, 0.3) is 0 Å². The Bertz CT molecular complexity index is 918. The lowest BCUT2D eigenvalue weighted by atomic mass is 9.99. The Morgan fingerprint density at radius 1 is 0.938 bits per heavy atom. The lowest BCUT2D eigenvalue weighted by molar-refractivity contribution is -0.140. The molecule has 0 radical (unpaired) electrons. The maximum Gasteiger partial charge on any atom is 0.289 e. The smallest absolute Gasteiger partial charge is 0.289 e. The maximum atomic E-state index is 13.1. The zero-order chi connectivity index (χ0) is 23.5. The maximum absolute atomic E-state index is 13.1. The molecule has 0 spiro atoms. The third kappa shape index (κ3) is 7.57. The van der Waals surface area contributed by atoms with E-state index < -0.39 is 35.6 Å². The number of Topliss-reactive ketones (excluding diaryl/α,β-unsaturated/α-hetero) is 1. The highest BCUT2D eigenvalue weighted by atomic mass is 16.2. The van der Waals surface area contributed by atoms with Crippen LogP contribution in [0, 0.1) is 5.92 Å². The Balaban J connectivity index is 2.20. The largest absolute Gasteiger partial charge is 0.350 e. The van der Waals surface area contributed by atoms with Crippen LogP contribution in [0.1, 0.15) is 43.1 Å². The first-order chi connectivity index (χ1) is 15.3. The number of amides is 3. The Labute approximate surface area is 187 Å². The Hall–Kier alpha value is -3.62. The van der Waals surface area contributed by atoms with Gasteiger partial charge in [0.25, 0.3) is 11.8 Å². The minimum atomic E-state index is -1.07. The first-order valence-electron chi connectivity index (χ1n) is 10.5. The summed E-state index contributed by atoms with van der Waals surface area (Å²) in [6.07, 6.45) is 4.50. The van der Waals surface area contributed by atoms with E-state index in [1.54, 1.807) is 6.92 Å². The van der Waals surface area contributed by atoms with Crippen molar-refractivity contribution in [2.24, 2.45) is 5.92 Å². The minimum Gasteiger partial charge on any atom is -0.350 e. The number of rotatable bonds is 11. The van der Waals surface area contributed by atoms with E-state index in [0.29, 0.717) is 13.0 Å². The summed E-state index contributed by atoms with van der Waals surface area (Å²) in [7, 11) is 0. The average Bonchev–Trinajstić information content (AvgIpc) is 2.78. The standard InChI is InChI=1S/C23H29N5O4/c1-4-26-23(32)20(29)18(11-16-8-6-5-7-9-16)27-22(31)19(10-15(2)3)28-21(30)17-12-24-14-25-13-17/h5-9,12-15,18-19H,4,10-11H2,1-3H3,(H,26,32)(H,27,31)(H,28,30)/t18?,19-/m0/s1. The second-order valence-electron chi connectivity index (χ2n) is 7.76. The number of ketones is 1. The molecule has 1 unspecified atom stereocenters. The van der Waals surface area contributed by atoms with Crippen LogP contribution in [-0.4, -0.2) is 52.1 Å². The monoisotopic (exact) mass is 439 g/mol. The van der Waals surface area contributed by atoms with Crippen molar-refractivity contribution in [3.05, 3.63) is 60.2 Å². The van der Waals surface area contributed by atoms with E-state index in [0.717, 1.165) is 5.56 Å². The molecule has 2 atom stereocenters. The molecule has 0 aliphatic rings. The summed E-state index contributed by atoms with van der Waals surface area (Å²) in [4.78, 5) is 58.2. The molecular formula is C23H29N5O4. The number of nitrogens with zero attached hydrogens (tertiary/aromatic N) is 2. The van der Waals surface area contributed by atoms with Gasteiger partial charge in [-0.2, -0.15) is 0 Å². The van der Waals surface area contributed by atoms with Gasteiger partial charge >= 0.3 is 0 Å². The van der Waals surface area contributed by atoms with Crippen molar-refractivity contribution in [2.45, 2.75) is 45.7 Å². The lowest BCUT2D eigenvalue weighted by Gasteiger charge is -2.24. The molecule has 3 amide bonds. The molecule has 1 heterocycles. The summed E-state index contributed by atoms with van der Waals surface area (Å²) in [6, 6.07) is 7.12. The molecule has 0 saturated heterocycles. The van der Waals surface area contributed by atoms with Crippen molar-refractivity contribution >= 4 is 23.5 Å². The van der Waals surface area contributed by atoms with Crippen LogP contribution in [0.4, 0.5) is 0 Å². The fourth-order valence-electron chi connectivity index (χ4n) is 3.10. The summed E-state index contributed by atoms with van der Waals surface area (Å²) < 4.78 is 0. The molecule has 1 aromatic heterocycles. The van der Waals surface area contributed by atoms with Gasteiger partial charge in [-0.15, -0.1) is 0 Å². The molecule has 0 fully saturated rings. The highest BCUT2D eigenvalue weighted by Gasteiger charge is 2.30. The average molecular weight is 440 g/mol. The van der Waals surface area contributed by atoms with Crippen molar-refractivity contribution < 1.29 is 19.2 Å². The summed E-state index contributed by atoms with van der Waals surface area (Å²) in [5, 5.41) is 7.83. The van der Waals surface area contributed by atoms with Crippen LogP contribution in [-0.2, 0) is 20.8 Å². The number of nitrogens with one attached hydrogen (secondary N) is 3. The van der Waals surface area contributed by atoms with E-state index in [1.807, 2.05) is 44.2 Å². The van der Waals surface area contributed by atoms with E-state index in [4.69, 9.17) is 0 Å². The van der Waals surface area contributed by atoms with E-state index in [9.17, 15) is 19.2 Å². The normalized spacial score (nSPS) is 12.5. The number of hydrogen-bond donors (Lipinski definition) is 3. The Morgan fingerprint density at radius 2 is 1.59 bits per heavy atom. The topological polar surface area (TPSA) is 130 Å². The quantitative estimate of drug-likeness (QED) is 0.449. The summed E-state index contributed by atoms with van der Waals surface area (Å²) >= 11 is 0. The third-order valence-electron chi connectivity index (χ3n) is 4.63. The Morgan fingerprint density at radius 3 is 2.19 bits per heavy atom. The van der Waals surface area contributed by atoms with Gasteiger partial charge < -0.3 is 16.0 Å². The molecule has 1 aromatic carbocycles. The molecule has 32 heavy (non-hydrogen) atoms. The summed E-state index contributed by atoms with van der Waals surface area (Å²) in [5.41, 5.74) is 1.01. The molecule has 9 nitrogen and oxygen atoms in total. The van der Waals surface area contributed by atoms with Crippen LogP contribution in [0.15, 0.2) is 49.1 Å². The van der Waals surface area contributed by atoms with Gasteiger partial charge in [-0.05, 0) is 24.8 Å². The highest BCUT2D eigenvalue weighted by Crippen LogP contribution is 2.09. The second-order valence-corrected chi connectivity index (χ2v) is 7.76. The van der Waals surface area contributed by atoms with Crippen LogP contribution in [0.2, 0.25) is 0 Å². The predicted octanol–water partition coefficient (Wildman–Crippen LogP) is 1.05. The van der Waals surface area contributed by atoms with Gasteiger partial charge in [0.15, 0.2) is 0 Å². The Kier molecular flexibility index (Phi) is 9.46. The molecular weight excluding hydrogens is 410 g/mol. The molecule has 0 bridgehead atoms. The first kappa shape index (κ1) is 24.6. The number of aromatic nitrogens is 2. The predicted molar refractivity (Wildman–Crippen MR) is 119 cm³/mol. The van der Waals surface area contributed by atoms with Gasteiger partial charge in [0.1, 0.15) is 18.4 Å². The van der Waals surface area contributed by atoms with Gasteiger partial charge in [-0.3, -0.25) is 19.2 Å². The van der Waals surface area contributed by atoms with Crippen LogP contribution < -0.4 is 16.0 Å². The van der Waals surface area contributed by atoms with Crippen molar-refractivity contribution in [2.75, 3.05) is 6.54 Å². The van der Waals surface area contributed by atoms with Gasteiger partial charge in [0.05, 0.1) is 5.56 Å². The number of benzene rings is 1. The SMILES string of the molecule is CCNC(=O)C(=O)C(Cc1ccccc1)NC(=O)[C@H](CC(C)C)NC(=O)c1cncnc1. The number of likely N-dealkylation sites (N-methyl/N-ethyl adjacent to an activating group) is 1. The zero-order valence-corrected chi connectivity index (χ0v) is 18.5. The third-order valence-corrected chi connectivity index (χ3v) is 4.63. The molecule has 2 rings (SSSR count). The highest BCUT2D eigenvalue weighted by molar-refractivity contribution is 6.38. The van der Waals surface area contributed by atoms with E-state index in [-0.39, 0.29) is 17.9 Å². The number of carbonyl (C=O) groups excluding carboxylic acids is 4. The molecule has 0 aliphatic carbocycles. The van der Waals surface area contributed by atoms with Gasteiger partial charge in [0.2, 0.25) is 11.7 Å². The van der Waals surface area contributed by atoms with Crippen LogP contribution >= 0.6 is 0 Å². The summed E-state index contributed by atoms with van der Waals surface area (Å²) in [6.45, 7) is 5.83. The minimum absolute atomic E-state index is 0.0877. The van der Waals surface area contributed by atoms with E-state index in [2.05, 4.69) is 25.9 Å². The molecule has 2 aromatic rings. The second kappa shape index (κ2) is 12.3. The van der Waals surface area contributed by atoms with Crippen molar-refractivity contribution in [3.8, 4) is 0 Å². The van der Waals surface area contributed by atoms with Crippen LogP contribution in [0.5, 0.6) is 0 Å². The molecule has 3 N–H and O–H groups in total. The van der Waals surface area contributed by atoms with Gasteiger partial charge in [-0.25, -0.2) is 9.97 Å². The van der Waals surface area contributed by atoms with Gasteiger partial charge in [-0.1, -0.05) is 44.2 Å². The van der Waals surface area contributed by atoms with E-state index in [1.165, 1.54) is 18.7 Å². The van der Waals surface area contributed by atoms with Crippen LogP contribution in [0.3, 0.4) is 0 Å². The number of carbonyl (C=O) groups is 4. The van der Waals surface area contributed by atoms with E-state index >= 15 is 0 Å². The molecule has 170 valence electrons. The molecule has 0 aliphatic heterocycles. The fourth-order valence-corrected chi connectivity index (χ4v) is 3.10. The molecule has 0 saturated carbocycles. The van der Waals surface area contributed by atoms with Crippen molar-refractivity contribution in [1.29, 1.82) is 0 Å². The fraction of sp³-hybridized carbons (Fsp3) is 0.391. The number of hydrogen-bond acceptors (Lipinski definition) is 6. The molecule has 9 heteroatoms. The summed E-state index contributed by atoms with van der Waals surface area (Å²) in [5.74, 6) is -2.46. The van der Waals surface area contributed by atoms with Crippen molar-refractivity contribution in [3.63, 3.8) is 0 Å². The van der Waals surface area contributed by atoms with Gasteiger partial charge in [0, 0.05) is 25.4 Å². The first-order valence-corrected chi connectivity index (χ1v) is 10.5. The zero-order valence-electron chi connectivity index (χ0n) is 18.5.